The fraction of sp³-hybridized carbons (Fsp3) is 0.444. The van der Waals surface area contributed by atoms with Gasteiger partial charge in [-0.05, 0) is 71.7 Å². The second-order valence-corrected chi connectivity index (χ2v) is 14.5. The van der Waals surface area contributed by atoms with Crippen LogP contribution in [0.1, 0.15) is 61.4 Å². The second kappa shape index (κ2) is 15.8. The van der Waals surface area contributed by atoms with Crippen LogP contribution in [-0.2, 0) is 32.4 Å². The van der Waals surface area contributed by atoms with E-state index in [1.54, 1.807) is 30.3 Å². The first-order chi connectivity index (χ1) is 22.9. The zero-order chi connectivity index (χ0) is 34.4. The van der Waals surface area contributed by atoms with Gasteiger partial charge in [0.15, 0.2) is 0 Å². The summed E-state index contributed by atoms with van der Waals surface area (Å²) in [5, 5.41) is 29.8. The second-order valence-electron chi connectivity index (χ2n) is 12.7. The standard InChI is InChI=1S/C36H44FN3O7S/c1-23(2)35-31(13-11-27(41)20-28(42)21-33(43)44)34(25-6-9-26(37)10-7-25)30-5-3-4-24-8-12-29(22-32(24)36(30)39-35)48(45,46)38-14-15-40-16-18-47-19-17-40/h6-13,22-23,27-28,38,41-42H,3-5,14-21H2,1-2H3,(H,43,44)/b13-11+/t27-,28-/m1/s1. The highest BCUT2D eigenvalue weighted by Gasteiger charge is 2.27. The summed E-state index contributed by atoms with van der Waals surface area (Å²) < 4.78 is 49.3. The van der Waals surface area contributed by atoms with Crippen molar-refractivity contribution in [2.24, 2.45) is 0 Å². The van der Waals surface area contributed by atoms with Crippen molar-refractivity contribution in [1.29, 1.82) is 0 Å². The molecule has 4 N–H and O–H groups in total. The van der Waals surface area contributed by atoms with Gasteiger partial charge in [-0.2, -0.15) is 0 Å². The van der Waals surface area contributed by atoms with Crippen LogP contribution in [0.25, 0.3) is 28.5 Å². The Morgan fingerprint density at radius 3 is 2.52 bits per heavy atom. The van der Waals surface area contributed by atoms with Crippen molar-refractivity contribution < 1.29 is 37.7 Å². The van der Waals surface area contributed by atoms with Crippen molar-refractivity contribution >= 4 is 22.1 Å². The Morgan fingerprint density at radius 2 is 1.83 bits per heavy atom. The fourth-order valence-electron chi connectivity index (χ4n) is 6.39. The number of aromatic nitrogens is 1. The molecular formula is C36H44FN3O7S. The minimum absolute atomic E-state index is 0.0932. The fourth-order valence-corrected chi connectivity index (χ4v) is 7.44. The number of carbonyl (C=O) groups is 1. The van der Waals surface area contributed by atoms with E-state index in [0.717, 1.165) is 52.9 Å². The van der Waals surface area contributed by atoms with Crippen LogP contribution < -0.4 is 4.72 Å². The monoisotopic (exact) mass is 681 g/mol. The first-order valence-electron chi connectivity index (χ1n) is 16.4. The van der Waals surface area contributed by atoms with Gasteiger partial charge in [0.2, 0.25) is 10.0 Å². The Morgan fingerprint density at radius 1 is 1.10 bits per heavy atom. The van der Waals surface area contributed by atoms with E-state index in [0.29, 0.717) is 44.0 Å². The molecule has 1 saturated heterocycles. The number of aliphatic hydroxyl groups is 2. The first kappa shape index (κ1) is 35.8. The summed E-state index contributed by atoms with van der Waals surface area (Å²) in [5.74, 6) is -1.64. The van der Waals surface area contributed by atoms with Crippen molar-refractivity contribution in [3.8, 4) is 22.4 Å². The van der Waals surface area contributed by atoms with Gasteiger partial charge in [-0.1, -0.05) is 44.2 Å². The molecule has 2 atom stereocenters. The lowest BCUT2D eigenvalue weighted by molar-refractivity contribution is -0.139. The summed E-state index contributed by atoms with van der Waals surface area (Å²) in [6.45, 7) is 7.64. The smallest absolute Gasteiger partial charge is 0.305 e. The van der Waals surface area contributed by atoms with Crippen molar-refractivity contribution in [3.63, 3.8) is 0 Å². The summed E-state index contributed by atoms with van der Waals surface area (Å²) in [6, 6.07) is 11.4. The molecule has 0 spiro atoms. The number of sulfonamides is 1. The first-order valence-corrected chi connectivity index (χ1v) is 17.9. The average molecular weight is 682 g/mol. The molecule has 2 aliphatic rings. The van der Waals surface area contributed by atoms with Crippen molar-refractivity contribution in [1.82, 2.24) is 14.6 Å². The summed E-state index contributed by atoms with van der Waals surface area (Å²) in [7, 11) is -3.82. The summed E-state index contributed by atoms with van der Waals surface area (Å²) in [6.07, 6.45) is 2.39. The highest BCUT2D eigenvalue weighted by molar-refractivity contribution is 7.89. The minimum atomic E-state index is -3.82. The van der Waals surface area contributed by atoms with Gasteiger partial charge in [0.05, 0.1) is 48.1 Å². The van der Waals surface area contributed by atoms with Crippen LogP contribution in [0.4, 0.5) is 4.39 Å². The number of aliphatic hydroxyl groups excluding tert-OH is 2. The number of halogens is 1. The normalized spacial score (nSPS) is 16.8. The van der Waals surface area contributed by atoms with E-state index in [4.69, 9.17) is 14.8 Å². The number of benzene rings is 2. The molecule has 1 aliphatic heterocycles. The number of carboxylic acids is 1. The maximum absolute atomic E-state index is 14.1. The van der Waals surface area contributed by atoms with E-state index >= 15 is 0 Å². The van der Waals surface area contributed by atoms with Gasteiger partial charge < -0.3 is 20.1 Å². The molecular weight excluding hydrogens is 637 g/mol. The van der Waals surface area contributed by atoms with Crippen LogP contribution in [0.5, 0.6) is 0 Å². The van der Waals surface area contributed by atoms with E-state index in [-0.39, 0.29) is 29.6 Å². The van der Waals surface area contributed by atoms with Gasteiger partial charge in [0.25, 0.3) is 0 Å². The number of ether oxygens (including phenoxy) is 1. The highest BCUT2D eigenvalue weighted by atomic mass is 32.2. The number of nitrogens with one attached hydrogen (secondary N) is 1. The number of aryl methyl sites for hydroxylation is 1. The van der Waals surface area contributed by atoms with Crippen LogP contribution in [0.15, 0.2) is 53.4 Å². The van der Waals surface area contributed by atoms with Crippen molar-refractivity contribution in [2.45, 2.75) is 69.0 Å². The average Bonchev–Trinajstić information content (AvgIpc) is 3.22. The SMILES string of the molecule is CC(C)c1nc2c(c(-c3ccc(F)cc3)c1/C=C/[C@@H](O)C[C@@H](O)CC(=O)O)CCCc1ccc(S(=O)(=O)NCCN3CCOCC3)cc1-2. The van der Waals surface area contributed by atoms with E-state index < -0.39 is 34.6 Å². The molecule has 2 heterocycles. The summed E-state index contributed by atoms with van der Waals surface area (Å²) >= 11 is 0. The van der Waals surface area contributed by atoms with Gasteiger partial charge in [-0.3, -0.25) is 14.7 Å². The number of hydrogen-bond donors (Lipinski definition) is 4. The molecule has 1 fully saturated rings. The van der Waals surface area contributed by atoms with E-state index in [9.17, 15) is 27.8 Å². The molecule has 12 heteroatoms. The molecule has 0 unspecified atom stereocenters. The zero-order valence-electron chi connectivity index (χ0n) is 27.4. The number of morpholine rings is 1. The molecule has 258 valence electrons. The third kappa shape index (κ3) is 8.73. The third-order valence-corrected chi connectivity index (χ3v) is 10.3. The van der Waals surface area contributed by atoms with Crippen LogP contribution in [-0.4, -0.2) is 91.2 Å². The van der Waals surface area contributed by atoms with Crippen LogP contribution in [0.2, 0.25) is 0 Å². The number of pyridine rings is 1. The zero-order valence-corrected chi connectivity index (χ0v) is 28.2. The number of rotatable bonds is 13. The Bertz CT molecular complexity index is 1740. The lowest BCUT2D eigenvalue weighted by Gasteiger charge is -2.26. The Hall–Kier alpha value is -3.52. The van der Waals surface area contributed by atoms with Crippen molar-refractivity contribution in [2.75, 3.05) is 39.4 Å². The number of hydrogen-bond acceptors (Lipinski definition) is 8. The molecule has 3 aromatic rings. The van der Waals surface area contributed by atoms with Crippen LogP contribution >= 0.6 is 0 Å². The number of nitrogens with zero attached hydrogens (tertiary/aromatic N) is 2. The van der Waals surface area contributed by atoms with Gasteiger partial charge in [-0.15, -0.1) is 0 Å². The molecule has 1 aliphatic carbocycles. The lowest BCUT2D eigenvalue weighted by Crippen LogP contribution is -2.41. The predicted molar refractivity (Wildman–Crippen MR) is 182 cm³/mol. The molecule has 5 rings (SSSR count). The maximum atomic E-state index is 14.1. The Kier molecular flexibility index (Phi) is 11.8. The number of carboxylic acid groups (broad SMARTS) is 1. The molecule has 0 saturated carbocycles. The third-order valence-electron chi connectivity index (χ3n) is 8.80. The molecule has 0 amide bonds. The van der Waals surface area contributed by atoms with Gasteiger partial charge in [-0.25, -0.2) is 17.5 Å². The van der Waals surface area contributed by atoms with Crippen molar-refractivity contribution in [3.05, 3.63) is 76.7 Å². The molecule has 0 bridgehead atoms. The number of fused-ring (bicyclic) bond motifs is 3. The highest BCUT2D eigenvalue weighted by Crippen LogP contribution is 2.42. The van der Waals surface area contributed by atoms with E-state index in [1.165, 1.54) is 18.2 Å². The predicted octanol–water partition coefficient (Wildman–Crippen LogP) is 4.38. The minimum Gasteiger partial charge on any atom is -0.481 e. The molecule has 48 heavy (non-hydrogen) atoms. The van der Waals surface area contributed by atoms with Gasteiger partial charge >= 0.3 is 5.97 Å². The van der Waals surface area contributed by atoms with Gasteiger partial charge in [0.1, 0.15) is 5.82 Å². The van der Waals surface area contributed by atoms with E-state index in [2.05, 4.69) is 9.62 Å². The summed E-state index contributed by atoms with van der Waals surface area (Å²) in [4.78, 5) is 18.5. The Labute approximate surface area is 281 Å². The molecule has 0 radical (unpaired) electrons. The largest absolute Gasteiger partial charge is 0.481 e. The van der Waals surface area contributed by atoms with Crippen LogP contribution in [0, 0.1) is 5.82 Å². The lowest BCUT2D eigenvalue weighted by atomic mass is 9.86. The molecule has 1 aromatic heterocycles. The van der Waals surface area contributed by atoms with E-state index in [1.807, 2.05) is 19.9 Å². The topological polar surface area (TPSA) is 149 Å². The molecule has 2 aromatic carbocycles. The molecule has 10 nitrogen and oxygen atoms in total. The van der Waals surface area contributed by atoms with Crippen LogP contribution in [0.3, 0.4) is 0 Å². The van der Waals surface area contributed by atoms with Gasteiger partial charge in [0, 0.05) is 43.7 Å². The number of aliphatic carboxylic acids is 1. The summed E-state index contributed by atoms with van der Waals surface area (Å²) in [5.41, 5.74) is 6.25. The quantitative estimate of drug-likeness (QED) is 0.206. The Balaban J connectivity index is 1.58. The maximum Gasteiger partial charge on any atom is 0.305 e.